The molecule has 0 unspecified atom stereocenters. The van der Waals surface area contributed by atoms with Crippen molar-refractivity contribution in [2.75, 3.05) is 0 Å². The fourth-order valence-electron chi connectivity index (χ4n) is 3.67. The molecule has 0 saturated heterocycles. The summed E-state index contributed by atoms with van der Waals surface area (Å²) in [7, 11) is 0. The van der Waals surface area contributed by atoms with Gasteiger partial charge in [-0.1, -0.05) is 24.3 Å². The topological polar surface area (TPSA) is 76.3 Å². The first-order valence-electron chi connectivity index (χ1n) is 9.52. The number of pyridine rings is 2. The number of hydrogen-bond donors (Lipinski definition) is 0. The van der Waals surface area contributed by atoms with Crippen LogP contribution < -0.4 is 0 Å². The Morgan fingerprint density at radius 1 is 1.10 bits per heavy atom. The number of hydrogen-bond acceptors (Lipinski definition) is 6. The maximum absolute atomic E-state index is 13.3. The summed E-state index contributed by atoms with van der Waals surface area (Å²) < 4.78 is 1.76. The fourth-order valence-corrected chi connectivity index (χ4v) is 4.39. The van der Waals surface area contributed by atoms with Crippen LogP contribution in [0.2, 0.25) is 0 Å². The average molecular weight is 414 g/mol. The second-order valence-corrected chi connectivity index (χ2v) is 8.11. The summed E-state index contributed by atoms with van der Waals surface area (Å²) in [4.78, 5) is 20.3. The number of benzene rings is 1. The molecule has 0 bridgehead atoms. The lowest BCUT2D eigenvalue weighted by Gasteiger charge is -2.23. The van der Waals surface area contributed by atoms with Crippen LogP contribution in [0.1, 0.15) is 26.4 Å². The van der Waals surface area contributed by atoms with Crippen LogP contribution in [0.3, 0.4) is 0 Å². The molecule has 4 heterocycles. The highest BCUT2D eigenvalue weighted by molar-refractivity contribution is 7.09. The minimum atomic E-state index is -0.0548. The van der Waals surface area contributed by atoms with Gasteiger partial charge in [0.05, 0.1) is 18.6 Å². The number of amides is 1. The first-order valence-corrected chi connectivity index (χ1v) is 10.4. The van der Waals surface area contributed by atoms with Crippen LogP contribution in [-0.2, 0) is 13.1 Å². The molecule has 8 heteroatoms. The van der Waals surface area contributed by atoms with Gasteiger partial charge in [-0.2, -0.15) is 4.52 Å². The molecule has 7 nitrogen and oxygen atoms in total. The maximum Gasteiger partial charge on any atom is 0.254 e. The summed E-state index contributed by atoms with van der Waals surface area (Å²) in [5.74, 6) is -0.0548. The zero-order valence-corrected chi connectivity index (χ0v) is 17.1. The van der Waals surface area contributed by atoms with Gasteiger partial charge in [0.1, 0.15) is 0 Å². The van der Waals surface area contributed by atoms with Gasteiger partial charge in [-0.15, -0.1) is 16.4 Å². The summed E-state index contributed by atoms with van der Waals surface area (Å²) in [6, 6.07) is 15.7. The van der Waals surface area contributed by atoms with Crippen molar-refractivity contribution >= 4 is 33.8 Å². The Morgan fingerprint density at radius 2 is 1.97 bits per heavy atom. The lowest BCUT2D eigenvalue weighted by molar-refractivity contribution is 0.0732. The van der Waals surface area contributed by atoms with Crippen molar-refractivity contribution in [3.63, 3.8) is 0 Å². The number of aryl methyl sites for hydroxylation is 1. The van der Waals surface area contributed by atoms with Crippen LogP contribution in [0, 0.1) is 6.92 Å². The normalized spacial score (nSPS) is 11.2. The highest BCUT2D eigenvalue weighted by atomic mass is 32.1. The van der Waals surface area contributed by atoms with Gasteiger partial charge in [0.2, 0.25) is 0 Å². The van der Waals surface area contributed by atoms with E-state index in [4.69, 9.17) is 0 Å². The van der Waals surface area contributed by atoms with E-state index in [-0.39, 0.29) is 5.91 Å². The van der Waals surface area contributed by atoms with Crippen molar-refractivity contribution in [3.8, 4) is 0 Å². The molecule has 0 aliphatic heterocycles. The molecule has 0 atom stereocenters. The Balaban J connectivity index is 1.59. The number of tetrazole rings is 1. The monoisotopic (exact) mass is 414 g/mol. The molecular formula is C22H18N6OS. The smallest absolute Gasteiger partial charge is 0.254 e. The lowest BCUT2D eigenvalue weighted by atomic mass is 10.1. The van der Waals surface area contributed by atoms with Crippen LogP contribution in [0.4, 0.5) is 0 Å². The van der Waals surface area contributed by atoms with E-state index < -0.39 is 0 Å². The predicted octanol–water partition coefficient (Wildman–Crippen LogP) is 3.89. The van der Waals surface area contributed by atoms with Gasteiger partial charge in [-0.3, -0.25) is 9.78 Å². The van der Waals surface area contributed by atoms with Crippen LogP contribution >= 0.6 is 11.3 Å². The molecule has 0 spiro atoms. The van der Waals surface area contributed by atoms with E-state index >= 15 is 0 Å². The van der Waals surface area contributed by atoms with Crippen molar-refractivity contribution in [3.05, 3.63) is 87.9 Å². The highest BCUT2D eigenvalue weighted by Gasteiger charge is 2.20. The van der Waals surface area contributed by atoms with Gasteiger partial charge < -0.3 is 4.90 Å². The molecule has 30 heavy (non-hydrogen) atoms. The van der Waals surface area contributed by atoms with Crippen LogP contribution in [0.15, 0.2) is 66.3 Å². The highest BCUT2D eigenvalue weighted by Crippen LogP contribution is 2.24. The SMILES string of the molecule is Cc1cccc2cc(CN(Cc3cccs3)C(=O)c3ccncc3)c3nnnn3c12. The van der Waals surface area contributed by atoms with Crippen LogP contribution in [0.25, 0.3) is 16.6 Å². The summed E-state index contributed by atoms with van der Waals surface area (Å²) >= 11 is 1.63. The second kappa shape index (κ2) is 7.64. The Hall–Kier alpha value is -3.65. The number of para-hydroxylation sites is 1. The number of carbonyl (C=O) groups is 1. The van der Waals surface area contributed by atoms with Gasteiger partial charge in [0.15, 0.2) is 5.65 Å². The Kier molecular flexibility index (Phi) is 4.68. The zero-order valence-electron chi connectivity index (χ0n) is 16.3. The first kappa shape index (κ1) is 18.4. The molecule has 0 radical (unpaired) electrons. The Morgan fingerprint density at radius 3 is 2.77 bits per heavy atom. The van der Waals surface area contributed by atoms with Crippen molar-refractivity contribution < 1.29 is 4.79 Å². The molecule has 1 amide bonds. The average Bonchev–Trinajstić information content (AvgIpc) is 3.45. The standard InChI is InChI=1S/C22H18N6OS/c1-15-4-2-5-17-12-18(21-24-25-26-28(21)20(15)17)13-27(14-19-6-3-11-30-19)22(29)16-7-9-23-10-8-16/h2-12H,13-14H2,1H3. The summed E-state index contributed by atoms with van der Waals surface area (Å²) in [6.07, 6.45) is 3.27. The van der Waals surface area contributed by atoms with E-state index in [9.17, 15) is 4.79 Å². The third-order valence-corrected chi connectivity index (χ3v) is 5.93. The van der Waals surface area contributed by atoms with Gasteiger partial charge in [-0.25, -0.2) is 0 Å². The largest absolute Gasteiger partial charge is 0.329 e. The molecule has 0 saturated carbocycles. The predicted molar refractivity (Wildman–Crippen MR) is 115 cm³/mol. The van der Waals surface area contributed by atoms with E-state index in [1.54, 1.807) is 40.4 Å². The maximum atomic E-state index is 13.3. The number of thiophene rings is 1. The lowest BCUT2D eigenvalue weighted by Crippen LogP contribution is -2.30. The summed E-state index contributed by atoms with van der Waals surface area (Å²) in [5.41, 5.74) is 4.24. The number of rotatable bonds is 5. The molecule has 0 aliphatic rings. The zero-order chi connectivity index (χ0) is 20.5. The van der Waals surface area contributed by atoms with E-state index in [0.29, 0.717) is 24.3 Å². The van der Waals surface area contributed by atoms with E-state index in [1.807, 2.05) is 47.5 Å². The molecule has 148 valence electrons. The minimum absolute atomic E-state index is 0.0548. The summed E-state index contributed by atoms with van der Waals surface area (Å²) in [6.45, 7) is 2.95. The third kappa shape index (κ3) is 3.31. The molecule has 0 N–H and O–H groups in total. The molecule has 5 rings (SSSR count). The van der Waals surface area contributed by atoms with Gasteiger partial charge >= 0.3 is 0 Å². The second-order valence-electron chi connectivity index (χ2n) is 7.07. The molecule has 5 aromatic rings. The van der Waals surface area contributed by atoms with Crippen molar-refractivity contribution in [1.29, 1.82) is 0 Å². The van der Waals surface area contributed by atoms with E-state index in [1.165, 1.54) is 0 Å². The Labute approximate surface area is 176 Å². The van der Waals surface area contributed by atoms with Crippen molar-refractivity contribution in [2.45, 2.75) is 20.0 Å². The number of aromatic nitrogens is 5. The molecule has 0 fully saturated rings. The molecular weight excluding hydrogens is 396 g/mol. The van der Waals surface area contributed by atoms with Crippen LogP contribution in [-0.4, -0.2) is 35.8 Å². The molecule has 4 aromatic heterocycles. The quantitative estimate of drug-likeness (QED) is 0.436. The molecule has 1 aromatic carbocycles. The van der Waals surface area contributed by atoms with Gasteiger partial charge in [-0.05, 0) is 52.6 Å². The van der Waals surface area contributed by atoms with Crippen molar-refractivity contribution in [2.24, 2.45) is 0 Å². The fraction of sp³-hybridized carbons (Fsp3) is 0.136. The van der Waals surface area contributed by atoms with Crippen molar-refractivity contribution in [1.82, 2.24) is 29.9 Å². The van der Waals surface area contributed by atoms with Gasteiger partial charge in [0.25, 0.3) is 5.91 Å². The van der Waals surface area contributed by atoms with E-state index in [0.717, 1.165) is 26.9 Å². The first-order chi connectivity index (χ1) is 14.7. The third-order valence-electron chi connectivity index (χ3n) is 5.07. The van der Waals surface area contributed by atoms with Crippen LogP contribution in [0.5, 0.6) is 0 Å². The minimum Gasteiger partial charge on any atom is -0.329 e. The molecule has 0 aliphatic carbocycles. The Bertz CT molecular complexity index is 1330. The van der Waals surface area contributed by atoms with E-state index in [2.05, 4.69) is 26.6 Å². The number of nitrogens with zero attached hydrogens (tertiary/aromatic N) is 6. The summed E-state index contributed by atoms with van der Waals surface area (Å²) in [5, 5.41) is 15.4. The number of fused-ring (bicyclic) bond motifs is 3. The van der Waals surface area contributed by atoms with Gasteiger partial charge in [0, 0.05) is 33.8 Å². The number of carbonyl (C=O) groups excluding carboxylic acids is 1.